The fourth-order valence-corrected chi connectivity index (χ4v) is 2.55. The number of carbonyl (C=O) groups is 2. The van der Waals surface area contributed by atoms with E-state index in [1.165, 1.54) is 5.56 Å². The molecule has 0 aliphatic carbocycles. The second-order valence-corrected chi connectivity index (χ2v) is 5.39. The molecule has 1 N–H and O–H groups in total. The number of nitrogens with zero attached hydrogens (tertiary/aromatic N) is 1. The lowest BCUT2D eigenvalue weighted by atomic mass is 10.1. The molecule has 0 spiro atoms. The van der Waals surface area contributed by atoms with E-state index in [0.29, 0.717) is 25.9 Å². The molecule has 1 rings (SSSR count). The van der Waals surface area contributed by atoms with Gasteiger partial charge in [0.25, 0.3) is 0 Å². The van der Waals surface area contributed by atoms with Crippen LogP contribution in [0.4, 0.5) is 0 Å². The van der Waals surface area contributed by atoms with E-state index >= 15 is 0 Å². The molecule has 122 valence electrons. The highest BCUT2D eigenvalue weighted by atomic mass is 16.2. The molecule has 4 heteroatoms. The minimum absolute atomic E-state index is 0.0532. The summed E-state index contributed by atoms with van der Waals surface area (Å²) in [4.78, 5) is 26.4. The van der Waals surface area contributed by atoms with Crippen LogP contribution in [0.25, 0.3) is 0 Å². The lowest BCUT2D eigenvalue weighted by Gasteiger charge is -2.30. The molecule has 0 aliphatic rings. The maximum absolute atomic E-state index is 12.4. The van der Waals surface area contributed by atoms with Gasteiger partial charge in [-0.1, -0.05) is 44.2 Å². The Kier molecular flexibility index (Phi) is 8.26. The fraction of sp³-hybridized carbons (Fsp3) is 0.556. The summed E-state index contributed by atoms with van der Waals surface area (Å²) in [7, 11) is 0. The van der Waals surface area contributed by atoms with Crippen LogP contribution in [0.1, 0.15) is 45.6 Å². The third-order valence-electron chi connectivity index (χ3n) is 3.68. The van der Waals surface area contributed by atoms with Crippen molar-refractivity contribution in [3.63, 3.8) is 0 Å². The minimum atomic E-state index is -0.372. The number of hydrogen-bond acceptors (Lipinski definition) is 2. The van der Waals surface area contributed by atoms with Gasteiger partial charge in [-0.25, -0.2) is 0 Å². The van der Waals surface area contributed by atoms with Gasteiger partial charge < -0.3 is 10.2 Å². The normalized spacial score (nSPS) is 11.8. The highest BCUT2D eigenvalue weighted by Gasteiger charge is 2.27. The Balaban J connectivity index is 2.81. The van der Waals surface area contributed by atoms with Crippen LogP contribution in [0.5, 0.6) is 0 Å². The Bertz CT molecular complexity index is 459. The number of likely N-dealkylation sites (N-methyl/N-ethyl adjacent to an activating group) is 1. The highest BCUT2D eigenvalue weighted by molar-refractivity contribution is 5.87. The third kappa shape index (κ3) is 5.51. The number of rotatable bonds is 9. The first-order chi connectivity index (χ1) is 10.6. The minimum Gasteiger partial charge on any atom is -0.355 e. The Morgan fingerprint density at radius 2 is 1.82 bits per heavy atom. The van der Waals surface area contributed by atoms with Gasteiger partial charge in [-0.3, -0.25) is 9.59 Å². The van der Waals surface area contributed by atoms with Crippen molar-refractivity contribution in [3.8, 4) is 0 Å². The van der Waals surface area contributed by atoms with Crippen LogP contribution in [0.3, 0.4) is 0 Å². The van der Waals surface area contributed by atoms with Crippen molar-refractivity contribution in [2.75, 3.05) is 13.1 Å². The van der Waals surface area contributed by atoms with Gasteiger partial charge in [-0.15, -0.1) is 0 Å². The van der Waals surface area contributed by atoms with Crippen LogP contribution in [-0.2, 0) is 16.0 Å². The van der Waals surface area contributed by atoms with E-state index in [0.717, 1.165) is 12.8 Å². The van der Waals surface area contributed by atoms with Crippen molar-refractivity contribution in [2.24, 2.45) is 0 Å². The summed E-state index contributed by atoms with van der Waals surface area (Å²) in [6.07, 6.45) is 2.69. The predicted octanol–water partition coefficient (Wildman–Crippen LogP) is 2.77. The van der Waals surface area contributed by atoms with Crippen LogP contribution in [-0.4, -0.2) is 35.8 Å². The van der Waals surface area contributed by atoms with E-state index in [1.807, 2.05) is 39.0 Å². The van der Waals surface area contributed by atoms with Crippen molar-refractivity contribution in [1.29, 1.82) is 0 Å². The molecule has 0 saturated carbocycles. The SMILES string of the molecule is CCCC(=O)N(CCc1ccccc1)[C@@H](CC)C(=O)NCC. The number of carbonyl (C=O) groups excluding carboxylic acids is 2. The lowest BCUT2D eigenvalue weighted by molar-refractivity contribution is -0.140. The molecule has 22 heavy (non-hydrogen) atoms. The van der Waals surface area contributed by atoms with Gasteiger partial charge in [-0.2, -0.15) is 0 Å². The molecule has 2 amide bonds. The molecule has 0 aromatic heterocycles. The number of hydrogen-bond donors (Lipinski definition) is 1. The van der Waals surface area contributed by atoms with Gasteiger partial charge in [0.05, 0.1) is 0 Å². The van der Waals surface area contributed by atoms with E-state index in [2.05, 4.69) is 17.4 Å². The molecule has 0 unspecified atom stereocenters. The third-order valence-corrected chi connectivity index (χ3v) is 3.68. The summed E-state index contributed by atoms with van der Waals surface area (Å²) in [5.41, 5.74) is 1.18. The average Bonchev–Trinajstić information content (AvgIpc) is 2.52. The van der Waals surface area contributed by atoms with Crippen molar-refractivity contribution < 1.29 is 9.59 Å². The van der Waals surface area contributed by atoms with Gasteiger partial charge in [-0.05, 0) is 31.7 Å². The first-order valence-electron chi connectivity index (χ1n) is 8.25. The Morgan fingerprint density at radius 3 is 2.36 bits per heavy atom. The molecule has 0 saturated heterocycles. The molecule has 1 atom stereocenters. The molecule has 1 aromatic carbocycles. The summed E-state index contributed by atoms with van der Waals surface area (Å²) < 4.78 is 0. The standard InChI is InChI=1S/C18H28N2O2/c1-4-10-17(21)20(16(5-2)18(22)19-6-3)14-13-15-11-8-7-9-12-15/h7-9,11-12,16H,4-6,10,13-14H2,1-3H3,(H,19,22)/t16-/m0/s1. The summed E-state index contributed by atoms with van der Waals surface area (Å²) in [5.74, 6) is 0.0130. The molecule has 1 aromatic rings. The zero-order chi connectivity index (χ0) is 16.4. The van der Waals surface area contributed by atoms with E-state index in [4.69, 9.17) is 0 Å². The second-order valence-electron chi connectivity index (χ2n) is 5.39. The molecule has 0 radical (unpaired) electrons. The summed E-state index contributed by atoms with van der Waals surface area (Å²) in [5, 5.41) is 2.84. The average molecular weight is 304 g/mol. The maximum atomic E-state index is 12.4. The lowest BCUT2D eigenvalue weighted by Crippen LogP contribution is -2.50. The van der Waals surface area contributed by atoms with E-state index in [1.54, 1.807) is 4.90 Å². The Morgan fingerprint density at radius 1 is 1.14 bits per heavy atom. The summed E-state index contributed by atoms with van der Waals surface area (Å²) >= 11 is 0. The van der Waals surface area contributed by atoms with E-state index in [-0.39, 0.29) is 17.9 Å². The first kappa shape index (κ1) is 18.2. The topological polar surface area (TPSA) is 49.4 Å². The first-order valence-corrected chi connectivity index (χ1v) is 8.25. The molecule has 0 heterocycles. The predicted molar refractivity (Wildman–Crippen MR) is 89.5 cm³/mol. The number of amides is 2. The van der Waals surface area contributed by atoms with Crippen molar-refractivity contribution >= 4 is 11.8 Å². The van der Waals surface area contributed by atoms with Crippen LogP contribution in [0, 0.1) is 0 Å². The summed E-state index contributed by atoms with van der Waals surface area (Å²) in [6.45, 7) is 7.00. The summed E-state index contributed by atoms with van der Waals surface area (Å²) in [6, 6.07) is 9.70. The van der Waals surface area contributed by atoms with Crippen molar-refractivity contribution in [3.05, 3.63) is 35.9 Å². The Hall–Kier alpha value is -1.84. The second kappa shape index (κ2) is 9.98. The van der Waals surface area contributed by atoms with Gasteiger partial charge in [0.15, 0.2) is 0 Å². The smallest absolute Gasteiger partial charge is 0.242 e. The molecule has 0 aliphatic heterocycles. The fourth-order valence-electron chi connectivity index (χ4n) is 2.55. The molecular weight excluding hydrogens is 276 g/mol. The number of benzene rings is 1. The van der Waals surface area contributed by atoms with E-state index < -0.39 is 0 Å². The maximum Gasteiger partial charge on any atom is 0.242 e. The van der Waals surface area contributed by atoms with Gasteiger partial charge in [0.2, 0.25) is 11.8 Å². The molecule has 0 bridgehead atoms. The van der Waals surface area contributed by atoms with Crippen molar-refractivity contribution in [2.45, 2.75) is 52.5 Å². The quantitative estimate of drug-likeness (QED) is 0.762. The zero-order valence-electron chi connectivity index (χ0n) is 14.0. The highest BCUT2D eigenvalue weighted by Crippen LogP contribution is 2.11. The van der Waals surface area contributed by atoms with Crippen LogP contribution < -0.4 is 5.32 Å². The van der Waals surface area contributed by atoms with Crippen LogP contribution >= 0.6 is 0 Å². The van der Waals surface area contributed by atoms with Gasteiger partial charge in [0, 0.05) is 19.5 Å². The van der Waals surface area contributed by atoms with Crippen LogP contribution in [0.2, 0.25) is 0 Å². The molecule has 4 nitrogen and oxygen atoms in total. The van der Waals surface area contributed by atoms with Gasteiger partial charge in [0.1, 0.15) is 6.04 Å². The Labute approximate surface area is 133 Å². The van der Waals surface area contributed by atoms with Crippen molar-refractivity contribution in [1.82, 2.24) is 10.2 Å². The van der Waals surface area contributed by atoms with E-state index in [9.17, 15) is 9.59 Å². The molecule has 0 fully saturated rings. The molecular formula is C18H28N2O2. The monoisotopic (exact) mass is 304 g/mol. The largest absolute Gasteiger partial charge is 0.355 e. The number of nitrogens with one attached hydrogen (secondary N) is 1. The zero-order valence-corrected chi connectivity index (χ0v) is 14.0. The van der Waals surface area contributed by atoms with Crippen LogP contribution in [0.15, 0.2) is 30.3 Å². The van der Waals surface area contributed by atoms with Gasteiger partial charge >= 0.3 is 0 Å².